The average molecular weight is 292 g/mol. The highest BCUT2D eigenvalue weighted by molar-refractivity contribution is 6.24. The van der Waals surface area contributed by atoms with E-state index in [1.54, 1.807) is 6.33 Å². The first-order valence-corrected chi connectivity index (χ1v) is 7.47. The maximum absolute atomic E-state index is 6.14. The predicted molar refractivity (Wildman–Crippen MR) is 88.3 cm³/mol. The molecule has 0 unspecified atom stereocenters. The van der Waals surface area contributed by atoms with Gasteiger partial charge < -0.3 is 10.5 Å². The number of benzene rings is 2. The van der Waals surface area contributed by atoms with Gasteiger partial charge in [0, 0.05) is 21.5 Å². The molecule has 0 aliphatic carbocycles. The van der Waals surface area contributed by atoms with E-state index >= 15 is 0 Å². The predicted octanol–water partition coefficient (Wildman–Crippen LogP) is 3.53. The van der Waals surface area contributed by atoms with Crippen LogP contribution in [0.15, 0.2) is 30.6 Å². The third-order valence-corrected chi connectivity index (χ3v) is 3.98. The van der Waals surface area contributed by atoms with Gasteiger partial charge in [-0.1, -0.05) is 13.3 Å². The molecule has 5 heteroatoms. The van der Waals surface area contributed by atoms with Crippen molar-refractivity contribution in [3.8, 4) is 5.88 Å². The summed E-state index contributed by atoms with van der Waals surface area (Å²) in [5.41, 5.74) is 7.96. The Balaban J connectivity index is 2.06. The quantitative estimate of drug-likeness (QED) is 0.460. The van der Waals surface area contributed by atoms with E-state index in [1.165, 1.54) is 0 Å². The number of nitrogens with zero attached hydrogens (tertiary/aromatic N) is 3. The van der Waals surface area contributed by atoms with Crippen LogP contribution in [0.25, 0.3) is 32.6 Å². The lowest BCUT2D eigenvalue weighted by Gasteiger charge is -2.14. The number of aromatic nitrogens is 3. The Morgan fingerprint density at radius 1 is 1.00 bits per heavy atom. The summed E-state index contributed by atoms with van der Waals surface area (Å²) in [7, 11) is 0. The Morgan fingerprint density at radius 3 is 2.45 bits per heavy atom. The minimum Gasteiger partial charge on any atom is -0.477 e. The van der Waals surface area contributed by atoms with Crippen LogP contribution in [0.3, 0.4) is 0 Å². The SMILES string of the molecule is CCCCOc1nc(N)c2ccc3ncnc4ccc1c2c34. The molecule has 2 aromatic carbocycles. The van der Waals surface area contributed by atoms with Crippen LogP contribution in [-0.2, 0) is 0 Å². The first-order chi connectivity index (χ1) is 10.8. The molecule has 0 saturated heterocycles. The molecule has 0 aliphatic heterocycles. The van der Waals surface area contributed by atoms with Gasteiger partial charge in [0.2, 0.25) is 5.88 Å². The van der Waals surface area contributed by atoms with Crippen LogP contribution in [0.1, 0.15) is 19.8 Å². The van der Waals surface area contributed by atoms with Crippen molar-refractivity contribution in [2.75, 3.05) is 12.3 Å². The van der Waals surface area contributed by atoms with Crippen molar-refractivity contribution < 1.29 is 4.74 Å². The van der Waals surface area contributed by atoms with Gasteiger partial charge in [-0.25, -0.2) is 9.97 Å². The second-order valence-electron chi connectivity index (χ2n) is 5.39. The fraction of sp³-hybridized carbons (Fsp3) is 0.235. The summed E-state index contributed by atoms with van der Waals surface area (Å²) in [5, 5.41) is 3.94. The van der Waals surface area contributed by atoms with Crippen LogP contribution in [0.2, 0.25) is 0 Å². The lowest BCUT2D eigenvalue weighted by Crippen LogP contribution is -2.03. The van der Waals surface area contributed by atoms with Gasteiger partial charge in [0.1, 0.15) is 12.1 Å². The maximum Gasteiger partial charge on any atom is 0.223 e. The second kappa shape index (κ2) is 4.94. The molecule has 4 aromatic rings. The topological polar surface area (TPSA) is 73.9 Å². The van der Waals surface area contributed by atoms with E-state index in [2.05, 4.69) is 21.9 Å². The third-order valence-electron chi connectivity index (χ3n) is 3.98. The van der Waals surface area contributed by atoms with Crippen LogP contribution in [0.4, 0.5) is 5.82 Å². The Kier molecular flexibility index (Phi) is 2.92. The largest absolute Gasteiger partial charge is 0.477 e. The lowest BCUT2D eigenvalue weighted by molar-refractivity contribution is 0.302. The van der Waals surface area contributed by atoms with E-state index in [0.717, 1.165) is 45.4 Å². The molecule has 0 radical (unpaired) electrons. The molecule has 110 valence electrons. The molecule has 0 amide bonds. The van der Waals surface area contributed by atoms with Gasteiger partial charge in [-0.15, -0.1) is 0 Å². The summed E-state index contributed by atoms with van der Waals surface area (Å²) in [5.74, 6) is 1.08. The second-order valence-corrected chi connectivity index (χ2v) is 5.39. The Hall–Kier alpha value is -2.69. The van der Waals surface area contributed by atoms with Crippen LogP contribution in [0, 0.1) is 0 Å². The summed E-state index contributed by atoms with van der Waals surface area (Å²) >= 11 is 0. The zero-order valence-electron chi connectivity index (χ0n) is 12.3. The van der Waals surface area contributed by atoms with E-state index < -0.39 is 0 Å². The van der Waals surface area contributed by atoms with E-state index in [-0.39, 0.29) is 0 Å². The molecule has 0 bridgehead atoms. The molecule has 0 atom stereocenters. The fourth-order valence-corrected chi connectivity index (χ4v) is 2.87. The molecule has 5 nitrogen and oxygen atoms in total. The molecule has 22 heavy (non-hydrogen) atoms. The standard InChI is InChI=1S/C17H16N4O/c1-2-3-8-22-17-11-5-7-13-15-12(19-9-20-13)6-4-10(14(11)15)16(18)21-17/h4-7,9H,2-3,8H2,1H3,(H2,18,21). The van der Waals surface area contributed by atoms with Gasteiger partial charge in [-0.3, -0.25) is 0 Å². The van der Waals surface area contributed by atoms with Crippen molar-refractivity contribution in [2.45, 2.75) is 19.8 Å². The summed E-state index contributed by atoms with van der Waals surface area (Å²) < 4.78 is 5.85. The van der Waals surface area contributed by atoms with E-state index in [9.17, 15) is 0 Å². The van der Waals surface area contributed by atoms with Crippen molar-refractivity contribution in [1.82, 2.24) is 15.0 Å². The van der Waals surface area contributed by atoms with Gasteiger partial charge in [0.25, 0.3) is 0 Å². The number of hydrogen-bond acceptors (Lipinski definition) is 5. The molecule has 4 rings (SSSR count). The first-order valence-electron chi connectivity index (χ1n) is 7.47. The number of nitrogen functional groups attached to an aromatic ring is 1. The van der Waals surface area contributed by atoms with Crippen molar-refractivity contribution in [2.24, 2.45) is 0 Å². The molecular weight excluding hydrogens is 276 g/mol. The van der Waals surface area contributed by atoms with Gasteiger partial charge in [0.05, 0.1) is 17.6 Å². The molecule has 2 N–H and O–H groups in total. The zero-order chi connectivity index (χ0) is 15.1. The van der Waals surface area contributed by atoms with Gasteiger partial charge >= 0.3 is 0 Å². The van der Waals surface area contributed by atoms with E-state index in [4.69, 9.17) is 10.5 Å². The Labute approximate surface area is 127 Å². The van der Waals surface area contributed by atoms with Crippen LogP contribution >= 0.6 is 0 Å². The van der Waals surface area contributed by atoms with Crippen LogP contribution < -0.4 is 10.5 Å². The van der Waals surface area contributed by atoms with E-state index in [1.807, 2.05) is 24.3 Å². The number of hydrogen-bond donors (Lipinski definition) is 1. The first kappa shape index (κ1) is 13.0. The fourth-order valence-electron chi connectivity index (χ4n) is 2.87. The molecule has 0 spiro atoms. The van der Waals surface area contributed by atoms with Crippen molar-refractivity contribution in [3.63, 3.8) is 0 Å². The summed E-state index contributed by atoms with van der Waals surface area (Å²) in [6.07, 6.45) is 3.66. The summed E-state index contributed by atoms with van der Waals surface area (Å²) in [4.78, 5) is 13.2. The number of anilines is 1. The number of ether oxygens (including phenoxy) is 1. The van der Waals surface area contributed by atoms with E-state index in [0.29, 0.717) is 18.3 Å². The molecule has 0 aliphatic rings. The van der Waals surface area contributed by atoms with Gasteiger partial charge in [0.15, 0.2) is 0 Å². The maximum atomic E-state index is 6.14. The highest BCUT2D eigenvalue weighted by atomic mass is 16.5. The van der Waals surface area contributed by atoms with Crippen molar-refractivity contribution >= 4 is 38.4 Å². The van der Waals surface area contributed by atoms with Crippen molar-refractivity contribution in [1.29, 1.82) is 0 Å². The summed E-state index contributed by atoms with van der Waals surface area (Å²) in [6.45, 7) is 2.77. The minimum atomic E-state index is 0.484. The Morgan fingerprint density at radius 2 is 1.73 bits per heavy atom. The highest BCUT2D eigenvalue weighted by Crippen LogP contribution is 2.38. The lowest BCUT2D eigenvalue weighted by atomic mass is 10.00. The number of unbranched alkanes of at least 4 members (excludes halogenated alkanes) is 1. The molecule has 0 fully saturated rings. The average Bonchev–Trinajstić information content (AvgIpc) is 2.55. The van der Waals surface area contributed by atoms with Gasteiger partial charge in [-0.05, 0) is 30.7 Å². The van der Waals surface area contributed by atoms with Gasteiger partial charge in [-0.2, -0.15) is 4.98 Å². The zero-order valence-corrected chi connectivity index (χ0v) is 12.3. The highest BCUT2D eigenvalue weighted by Gasteiger charge is 2.16. The number of pyridine rings is 1. The smallest absolute Gasteiger partial charge is 0.223 e. The minimum absolute atomic E-state index is 0.484. The molecular formula is C17H16N4O. The molecule has 2 aromatic heterocycles. The number of rotatable bonds is 4. The monoisotopic (exact) mass is 292 g/mol. The van der Waals surface area contributed by atoms with Crippen LogP contribution in [-0.4, -0.2) is 21.6 Å². The number of nitrogens with two attached hydrogens (primary N) is 1. The third kappa shape index (κ3) is 1.82. The van der Waals surface area contributed by atoms with Crippen molar-refractivity contribution in [3.05, 3.63) is 30.6 Å². The normalized spacial score (nSPS) is 11.7. The Bertz CT molecular complexity index is 951. The molecule has 2 heterocycles. The summed E-state index contributed by atoms with van der Waals surface area (Å²) in [6, 6.07) is 7.91. The van der Waals surface area contributed by atoms with Crippen LogP contribution in [0.5, 0.6) is 5.88 Å². The molecule has 0 saturated carbocycles.